The zero-order valence-corrected chi connectivity index (χ0v) is 23.7. The lowest BCUT2D eigenvalue weighted by Gasteiger charge is -2.54. The van der Waals surface area contributed by atoms with Crippen molar-refractivity contribution in [3.8, 4) is 16.9 Å². The van der Waals surface area contributed by atoms with E-state index in [0.29, 0.717) is 34.0 Å². The third-order valence-corrected chi connectivity index (χ3v) is 9.67. The highest BCUT2D eigenvalue weighted by Crippen LogP contribution is 2.53. The van der Waals surface area contributed by atoms with E-state index in [2.05, 4.69) is 41.8 Å². The Labute approximate surface area is 235 Å². The predicted octanol–water partition coefficient (Wildman–Crippen LogP) is 6.86. The number of amides is 1. The highest BCUT2D eigenvalue weighted by Gasteiger charge is 2.47. The fraction of sp³-hybridized carbons (Fsp3) is 0.484. The largest absolute Gasteiger partial charge is 0.349 e. The maximum atomic E-state index is 13.4. The number of rotatable bonds is 8. The predicted molar refractivity (Wildman–Crippen MR) is 154 cm³/mol. The molecule has 2 aromatic carbocycles. The van der Waals surface area contributed by atoms with Crippen LogP contribution in [0.15, 0.2) is 42.5 Å². The number of aromatic nitrogens is 2. The van der Waals surface area contributed by atoms with E-state index in [-0.39, 0.29) is 5.91 Å². The number of hydrogen-bond donors (Lipinski definition) is 2. The highest BCUT2D eigenvalue weighted by atomic mass is 35.5. The number of nitrogens with zero attached hydrogens (tertiary/aromatic N) is 2. The smallest absolute Gasteiger partial charge is 0.272 e. The van der Waals surface area contributed by atoms with Crippen molar-refractivity contribution in [1.29, 1.82) is 0 Å². The van der Waals surface area contributed by atoms with Gasteiger partial charge in [0.2, 0.25) is 0 Å². The summed E-state index contributed by atoms with van der Waals surface area (Å²) < 4.78 is 1.77. The molecule has 0 unspecified atom stereocenters. The molecule has 2 N–H and O–H groups in total. The van der Waals surface area contributed by atoms with Crippen molar-refractivity contribution in [2.24, 2.45) is 23.7 Å². The van der Waals surface area contributed by atoms with Crippen LogP contribution in [0.25, 0.3) is 16.9 Å². The molecule has 1 heterocycles. The minimum atomic E-state index is -0.162. The lowest BCUT2D eigenvalue weighted by molar-refractivity contribution is -0.0133. The Morgan fingerprint density at radius 3 is 2.29 bits per heavy atom. The second-order valence-electron chi connectivity index (χ2n) is 11.5. The first-order valence-corrected chi connectivity index (χ1v) is 14.8. The molecule has 0 saturated heterocycles. The third kappa shape index (κ3) is 4.89. The highest BCUT2D eigenvalue weighted by molar-refractivity contribution is 6.35. The second kappa shape index (κ2) is 10.7. The first kappa shape index (κ1) is 25.9. The monoisotopic (exact) mass is 550 g/mol. The number of nitrogens with one attached hydrogen (secondary N) is 2. The standard InChI is InChI=1S/C31H36Cl2N4O/c1-3-19-4-6-22(7-5-19)30-18(2)28(36-37(30)27-9-8-25(32)17-26(27)33)31(38)35-11-10-34-29-23-13-20-12-21(15-23)16-24(29)14-20/h4-9,17,20-21,23-24,29,34H,3,10-16H2,1-2H3,(H,35,38). The maximum absolute atomic E-state index is 13.4. The Kier molecular flexibility index (Phi) is 7.28. The van der Waals surface area contributed by atoms with Crippen LogP contribution >= 0.6 is 23.2 Å². The quantitative estimate of drug-likeness (QED) is 0.301. The van der Waals surface area contributed by atoms with Gasteiger partial charge in [0.25, 0.3) is 5.91 Å². The molecule has 5 nitrogen and oxygen atoms in total. The molecule has 7 rings (SSSR count). The number of aryl methyl sites for hydroxylation is 1. The van der Waals surface area contributed by atoms with Gasteiger partial charge in [-0.2, -0.15) is 5.10 Å². The summed E-state index contributed by atoms with van der Waals surface area (Å²) in [6, 6.07) is 14.4. The van der Waals surface area contributed by atoms with Crippen LogP contribution in [0.5, 0.6) is 0 Å². The number of hydrogen-bond acceptors (Lipinski definition) is 3. The van der Waals surface area contributed by atoms with Crippen molar-refractivity contribution >= 4 is 29.1 Å². The molecule has 4 aliphatic rings. The van der Waals surface area contributed by atoms with E-state index in [4.69, 9.17) is 28.3 Å². The van der Waals surface area contributed by atoms with E-state index in [1.807, 2.05) is 13.0 Å². The summed E-state index contributed by atoms with van der Waals surface area (Å²) in [5, 5.41) is 12.7. The van der Waals surface area contributed by atoms with Crippen molar-refractivity contribution in [3.05, 3.63) is 69.3 Å². The molecule has 1 amide bonds. The van der Waals surface area contributed by atoms with E-state index in [0.717, 1.165) is 53.5 Å². The summed E-state index contributed by atoms with van der Waals surface area (Å²) in [6.07, 6.45) is 8.00. The summed E-state index contributed by atoms with van der Waals surface area (Å²) in [4.78, 5) is 13.4. The SMILES string of the molecule is CCc1ccc(-c2c(C)c(C(=O)NCCNC3C4CC5CC(C4)CC3C5)nn2-c2ccc(Cl)cc2Cl)cc1. The fourth-order valence-corrected chi connectivity index (χ4v) is 8.02. The van der Waals surface area contributed by atoms with Crippen molar-refractivity contribution in [3.63, 3.8) is 0 Å². The van der Waals surface area contributed by atoms with Crippen LogP contribution in [0.1, 0.15) is 60.6 Å². The Hall–Kier alpha value is -2.34. The van der Waals surface area contributed by atoms with Crippen molar-refractivity contribution in [2.45, 2.75) is 58.4 Å². The Morgan fingerprint density at radius 1 is 0.974 bits per heavy atom. The number of carbonyl (C=O) groups excluding carboxylic acids is 1. The van der Waals surface area contributed by atoms with E-state index in [1.54, 1.807) is 16.8 Å². The summed E-state index contributed by atoms with van der Waals surface area (Å²) >= 11 is 12.8. The molecule has 38 heavy (non-hydrogen) atoms. The van der Waals surface area contributed by atoms with E-state index < -0.39 is 0 Å². The van der Waals surface area contributed by atoms with Crippen LogP contribution in [-0.4, -0.2) is 34.8 Å². The molecule has 4 bridgehead atoms. The van der Waals surface area contributed by atoms with Crippen LogP contribution in [-0.2, 0) is 6.42 Å². The molecule has 0 aliphatic heterocycles. The second-order valence-corrected chi connectivity index (χ2v) is 12.4. The van der Waals surface area contributed by atoms with Crippen LogP contribution in [0.3, 0.4) is 0 Å². The normalized spacial score (nSPS) is 25.6. The van der Waals surface area contributed by atoms with E-state index in [9.17, 15) is 4.79 Å². The summed E-state index contributed by atoms with van der Waals surface area (Å²) in [5.41, 5.74) is 5.03. The summed E-state index contributed by atoms with van der Waals surface area (Å²) in [6.45, 7) is 5.46. The Balaban J connectivity index is 1.20. The fourth-order valence-electron chi connectivity index (χ4n) is 7.53. The van der Waals surface area contributed by atoms with E-state index in [1.165, 1.54) is 37.7 Å². The van der Waals surface area contributed by atoms with Gasteiger partial charge in [0.05, 0.1) is 16.4 Å². The van der Waals surface area contributed by atoms with Crippen molar-refractivity contribution in [2.75, 3.05) is 13.1 Å². The molecule has 0 spiro atoms. The first-order chi connectivity index (χ1) is 18.4. The van der Waals surface area contributed by atoms with Gasteiger partial charge in [-0.1, -0.05) is 54.4 Å². The topological polar surface area (TPSA) is 59.0 Å². The van der Waals surface area contributed by atoms with Crippen LogP contribution < -0.4 is 10.6 Å². The summed E-state index contributed by atoms with van der Waals surface area (Å²) in [7, 11) is 0. The number of halogens is 2. The zero-order chi connectivity index (χ0) is 26.4. The van der Waals surface area contributed by atoms with Crippen LogP contribution in [0.2, 0.25) is 10.0 Å². The minimum absolute atomic E-state index is 0.162. The lowest BCUT2D eigenvalue weighted by atomic mass is 9.54. The Morgan fingerprint density at radius 2 is 1.66 bits per heavy atom. The first-order valence-electron chi connectivity index (χ1n) is 14.1. The Bertz CT molecular complexity index is 1300. The molecule has 4 fully saturated rings. The average molecular weight is 552 g/mol. The molecule has 200 valence electrons. The van der Waals surface area contributed by atoms with Gasteiger partial charge in [-0.25, -0.2) is 4.68 Å². The van der Waals surface area contributed by atoms with E-state index >= 15 is 0 Å². The van der Waals surface area contributed by atoms with Gasteiger partial charge in [-0.3, -0.25) is 4.79 Å². The molecule has 4 aliphatic carbocycles. The molecule has 1 aromatic heterocycles. The average Bonchev–Trinajstić information content (AvgIpc) is 3.24. The molecular weight excluding hydrogens is 515 g/mol. The molecule has 0 radical (unpaired) electrons. The molecule has 4 saturated carbocycles. The van der Waals surface area contributed by atoms with Gasteiger partial charge in [0.1, 0.15) is 0 Å². The van der Waals surface area contributed by atoms with Gasteiger partial charge < -0.3 is 10.6 Å². The molecular formula is C31H36Cl2N4O. The van der Waals surface area contributed by atoms with Gasteiger partial charge in [0, 0.05) is 35.3 Å². The molecule has 3 aromatic rings. The number of benzene rings is 2. The lowest BCUT2D eigenvalue weighted by Crippen LogP contribution is -2.55. The number of carbonyl (C=O) groups is 1. The summed E-state index contributed by atoms with van der Waals surface area (Å²) in [5.74, 6) is 3.42. The van der Waals surface area contributed by atoms with Gasteiger partial charge in [-0.05, 0) is 92.9 Å². The van der Waals surface area contributed by atoms with Crippen molar-refractivity contribution in [1.82, 2.24) is 20.4 Å². The minimum Gasteiger partial charge on any atom is -0.349 e. The van der Waals surface area contributed by atoms with Crippen LogP contribution in [0.4, 0.5) is 0 Å². The molecule has 7 heteroatoms. The third-order valence-electron chi connectivity index (χ3n) is 9.13. The maximum Gasteiger partial charge on any atom is 0.272 e. The van der Waals surface area contributed by atoms with Gasteiger partial charge in [-0.15, -0.1) is 0 Å². The van der Waals surface area contributed by atoms with Gasteiger partial charge in [0.15, 0.2) is 5.69 Å². The van der Waals surface area contributed by atoms with Crippen LogP contribution in [0, 0.1) is 30.6 Å². The van der Waals surface area contributed by atoms with Crippen molar-refractivity contribution < 1.29 is 4.79 Å². The molecule has 0 atom stereocenters. The zero-order valence-electron chi connectivity index (χ0n) is 22.1. The van der Waals surface area contributed by atoms with Gasteiger partial charge >= 0.3 is 0 Å².